The largest absolute Gasteiger partial charge is 0.369 e. The Balaban J connectivity index is 1.33. The fourth-order valence-electron chi connectivity index (χ4n) is 4.68. The second kappa shape index (κ2) is 10.4. The molecule has 1 amide bonds. The number of carbonyl (C=O) groups is 1. The number of benzene rings is 3. The van der Waals surface area contributed by atoms with Gasteiger partial charge in [0.25, 0.3) is 5.91 Å². The second-order valence-corrected chi connectivity index (χ2v) is 12.8. The van der Waals surface area contributed by atoms with Crippen molar-refractivity contribution in [1.29, 1.82) is 0 Å². The van der Waals surface area contributed by atoms with Gasteiger partial charge in [-0.05, 0) is 79.6 Å². The topological polar surface area (TPSA) is 69.7 Å². The number of rotatable bonds is 5. The number of nitrogens with zero attached hydrogens (tertiary/aromatic N) is 2. The lowest BCUT2D eigenvalue weighted by atomic mass is 10.1. The molecular formula is C29H31N3O3S2. The van der Waals surface area contributed by atoms with E-state index in [9.17, 15) is 13.2 Å². The average Bonchev–Trinajstić information content (AvgIpc) is 2.87. The standard InChI is InChI=1S/C29H31N3O3S2/c1-20-5-4-6-21(2)25(20)19-37(34,35)24-11-12-27-26(18-24)30-29(33)28(36-27)17-22-7-9-23(10-8-22)32-15-13-31(3)14-16-32/h4-12,17-18H,13-16,19H2,1-3H3,(H,30,33)/b28-17+. The Bertz CT molecular complexity index is 1450. The molecule has 6 nitrogen and oxygen atoms in total. The Morgan fingerprint density at radius 3 is 2.30 bits per heavy atom. The molecule has 0 spiro atoms. The fraction of sp³-hybridized carbons (Fsp3) is 0.276. The fourth-order valence-corrected chi connectivity index (χ4v) is 7.19. The molecule has 1 N–H and O–H groups in total. The van der Waals surface area contributed by atoms with E-state index in [2.05, 4.69) is 34.3 Å². The van der Waals surface area contributed by atoms with Crippen LogP contribution in [0.15, 0.2) is 75.4 Å². The van der Waals surface area contributed by atoms with Gasteiger partial charge in [-0.3, -0.25) is 4.79 Å². The Labute approximate surface area is 223 Å². The van der Waals surface area contributed by atoms with Gasteiger partial charge < -0.3 is 15.1 Å². The highest BCUT2D eigenvalue weighted by Crippen LogP contribution is 2.40. The molecule has 192 valence electrons. The van der Waals surface area contributed by atoms with Gasteiger partial charge in [-0.2, -0.15) is 0 Å². The van der Waals surface area contributed by atoms with Gasteiger partial charge in [-0.15, -0.1) is 0 Å². The SMILES string of the molecule is Cc1cccc(C)c1CS(=O)(=O)c1ccc2c(c1)NC(=O)/C(=C\c1ccc(N3CCN(C)CC3)cc1)S2. The smallest absolute Gasteiger partial charge is 0.262 e. The lowest BCUT2D eigenvalue weighted by Gasteiger charge is -2.34. The van der Waals surface area contributed by atoms with Crippen molar-refractivity contribution in [2.75, 3.05) is 43.4 Å². The third-order valence-corrected chi connectivity index (χ3v) is 9.78. The molecule has 0 aliphatic carbocycles. The Hall–Kier alpha value is -3.07. The van der Waals surface area contributed by atoms with Crippen LogP contribution in [0.3, 0.4) is 0 Å². The van der Waals surface area contributed by atoms with Crippen molar-refractivity contribution in [1.82, 2.24) is 4.90 Å². The molecule has 1 fully saturated rings. The molecule has 0 aromatic heterocycles. The maximum atomic E-state index is 13.2. The maximum Gasteiger partial charge on any atom is 0.262 e. The van der Waals surface area contributed by atoms with Crippen LogP contribution in [0.5, 0.6) is 0 Å². The lowest BCUT2D eigenvalue weighted by Crippen LogP contribution is -2.44. The molecule has 0 bridgehead atoms. The predicted molar refractivity (Wildman–Crippen MR) is 152 cm³/mol. The van der Waals surface area contributed by atoms with E-state index in [1.165, 1.54) is 17.4 Å². The normalized spacial score (nSPS) is 17.5. The minimum Gasteiger partial charge on any atom is -0.369 e. The van der Waals surface area contributed by atoms with Crippen molar-refractivity contribution in [3.05, 3.63) is 87.8 Å². The number of hydrogen-bond acceptors (Lipinski definition) is 6. The van der Waals surface area contributed by atoms with Crippen molar-refractivity contribution in [2.24, 2.45) is 0 Å². The van der Waals surface area contributed by atoms with Gasteiger partial charge in [-0.1, -0.05) is 42.1 Å². The number of anilines is 2. The first kappa shape index (κ1) is 25.6. The first-order valence-electron chi connectivity index (χ1n) is 12.4. The highest BCUT2D eigenvalue weighted by Gasteiger charge is 2.25. The second-order valence-electron chi connectivity index (χ2n) is 9.73. The Morgan fingerprint density at radius 1 is 0.946 bits per heavy atom. The van der Waals surface area contributed by atoms with Crippen LogP contribution in [0.2, 0.25) is 0 Å². The first-order chi connectivity index (χ1) is 17.7. The van der Waals surface area contributed by atoms with Gasteiger partial charge in [0.05, 0.1) is 21.2 Å². The van der Waals surface area contributed by atoms with Crippen LogP contribution < -0.4 is 10.2 Å². The summed E-state index contributed by atoms with van der Waals surface area (Å²) in [6, 6.07) is 19.0. The molecule has 37 heavy (non-hydrogen) atoms. The number of likely N-dealkylation sites (N-methyl/N-ethyl adjacent to an activating group) is 1. The van der Waals surface area contributed by atoms with Gasteiger partial charge in [-0.25, -0.2) is 8.42 Å². The highest BCUT2D eigenvalue weighted by atomic mass is 32.2. The molecular weight excluding hydrogens is 502 g/mol. The van der Waals surface area contributed by atoms with E-state index in [4.69, 9.17) is 0 Å². The molecule has 2 heterocycles. The van der Waals surface area contributed by atoms with Gasteiger partial charge in [0.1, 0.15) is 0 Å². The van der Waals surface area contributed by atoms with Crippen molar-refractivity contribution in [3.8, 4) is 0 Å². The van der Waals surface area contributed by atoms with Crippen LogP contribution >= 0.6 is 11.8 Å². The number of sulfone groups is 1. The zero-order valence-electron chi connectivity index (χ0n) is 21.3. The van der Waals surface area contributed by atoms with Crippen LogP contribution in [0, 0.1) is 13.8 Å². The zero-order valence-corrected chi connectivity index (χ0v) is 23.0. The van der Waals surface area contributed by atoms with Gasteiger partial charge >= 0.3 is 0 Å². The molecule has 8 heteroatoms. The summed E-state index contributed by atoms with van der Waals surface area (Å²) in [5.74, 6) is -0.300. The van der Waals surface area contributed by atoms with Crippen LogP contribution in [-0.2, 0) is 20.4 Å². The van der Waals surface area contributed by atoms with E-state index < -0.39 is 9.84 Å². The summed E-state index contributed by atoms with van der Waals surface area (Å²) in [5.41, 5.74) is 5.40. The molecule has 5 rings (SSSR count). The average molecular weight is 534 g/mol. The summed E-state index contributed by atoms with van der Waals surface area (Å²) in [5, 5.41) is 2.89. The molecule has 2 aliphatic rings. The van der Waals surface area contributed by atoms with Crippen molar-refractivity contribution >= 4 is 45.0 Å². The van der Waals surface area contributed by atoms with Crippen LogP contribution in [0.4, 0.5) is 11.4 Å². The third-order valence-electron chi connectivity index (χ3n) is 7.04. The number of amides is 1. The number of aryl methyl sites for hydroxylation is 2. The van der Waals surface area contributed by atoms with Crippen LogP contribution in [-0.4, -0.2) is 52.5 Å². The molecule has 3 aromatic carbocycles. The minimum absolute atomic E-state index is 0.0688. The van der Waals surface area contributed by atoms with E-state index in [1.807, 2.05) is 50.3 Å². The van der Waals surface area contributed by atoms with Gasteiger partial charge in [0.15, 0.2) is 9.84 Å². The van der Waals surface area contributed by atoms with E-state index in [-0.39, 0.29) is 16.6 Å². The molecule has 2 aliphatic heterocycles. The van der Waals surface area contributed by atoms with Crippen LogP contribution in [0.25, 0.3) is 6.08 Å². The molecule has 3 aromatic rings. The zero-order chi connectivity index (χ0) is 26.2. The molecule has 0 atom stereocenters. The number of thioether (sulfide) groups is 1. The third kappa shape index (κ3) is 5.61. The number of nitrogens with one attached hydrogen (secondary N) is 1. The predicted octanol–water partition coefficient (Wildman–Crippen LogP) is 5.11. The summed E-state index contributed by atoms with van der Waals surface area (Å²) >= 11 is 1.36. The van der Waals surface area contributed by atoms with E-state index >= 15 is 0 Å². The van der Waals surface area contributed by atoms with E-state index in [0.29, 0.717) is 10.6 Å². The maximum absolute atomic E-state index is 13.2. The summed E-state index contributed by atoms with van der Waals surface area (Å²) < 4.78 is 26.4. The van der Waals surface area contributed by atoms with E-state index in [0.717, 1.165) is 53.3 Å². The van der Waals surface area contributed by atoms with Crippen molar-refractivity contribution < 1.29 is 13.2 Å². The van der Waals surface area contributed by atoms with Crippen molar-refractivity contribution in [2.45, 2.75) is 29.4 Å². The summed E-state index contributed by atoms with van der Waals surface area (Å²) in [4.78, 5) is 19.2. The molecule has 0 saturated carbocycles. The quantitative estimate of drug-likeness (QED) is 0.460. The minimum atomic E-state index is -3.57. The summed E-state index contributed by atoms with van der Waals surface area (Å²) in [6.45, 7) is 7.97. The lowest BCUT2D eigenvalue weighted by molar-refractivity contribution is -0.112. The Kier molecular flexibility index (Phi) is 7.16. The number of hydrogen-bond donors (Lipinski definition) is 1. The first-order valence-corrected chi connectivity index (χ1v) is 14.8. The number of piperazine rings is 1. The monoisotopic (exact) mass is 533 g/mol. The highest BCUT2D eigenvalue weighted by molar-refractivity contribution is 8.04. The van der Waals surface area contributed by atoms with Crippen LogP contribution in [0.1, 0.15) is 22.3 Å². The molecule has 0 unspecified atom stereocenters. The summed E-state index contributed by atoms with van der Waals surface area (Å²) in [7, 11) is -1.43. The van der Waals surface area contributed by atoms with Gasteiger partial charge in [0, 0.05) is 36.8 Å². The van der Waals surface area contributed by atoms with Crippen molar-refractivity contribution in [3.63, 3.8) is 0 Å². The van der Waals surface area contributed by atoms with Gasteiger partial charge in [0.2, 0.25) is 0 Å². The molecule has 1 saturated heterocycles. The van der Waals surface area contributed by atoms with E-state index in [1.54, 1.807) is 18.2 Å². The molecule has 0 radical (unpaired) electrons. The Morgan fingerprint density at radius 2 is 1.62 bits per heavy atom. The number of carbonyl (C=O) groups excluding carboxylic acids is 1. The number of fused-ring (bicyclic) bond motifs is 1. The summed E-state index contributed by atoms with van der Waals surface area (Å²) in [6.07, 6.45) is 1.88.